The number of ketones is 1. The van der Waals surface area contributed by atoms with Gasteiger partial charge in [-0.2, -0.15) is 0 Å². The quantitative estimate of drug-likeness (QED) is 0.291. The first kappa shape index (κ1) is 19.7. The number of thiophene rings is 1. The zero-order chi connectivity index (χ0) is 20.4. The predicted molar refractivity (Wildman–Crippen MR) is 116 cm³/mol. The molecule has 150 valence electrons. The van der Waals surface area contributed by atoms with Crippen LogP contribution >= 0.6 is 23.1 Å². The highest BCUT2D eigenvalue weighted by Gasteiger charge is 2.19. The predicted octanol–water partition coefficient (Wildman–Crippen LogP) is 5.06. The largest absolute Gasteiger partial charge is 0.461 e. The maximum absolute atomic E-state index is 12.9. The van der Waals surface area contributed by atoms with Gasteiger partial charge in [-0.05, 0) is 50.4 Å². The second kappa shape index (κ2) is 8.42. The van der Waals surface area contributed by atoms with E-state index in [-0.39, 0.29) is 5.78 Å². The van der Waals surface area contributed by atoms with E-state index in [1.54, 1.807) is 17.6 Å². The van der Waals surface area contributed by atoms with E-state index in [2.05, 4.69) is 32.3 Å². The topological polar surface area (TPSA) is 65.8 Å². The Bertz CT molecular complexity index is 1110. The summed E-state index contributed by atoms with van der Waals surface area (Å²) < 4.78 is 9.61. The van der Waals surface area contributed by atoms with Crippen molar-refractivity contribution in [3.05, 3.63) is 63.8 Å². The van der Waals surface area contributed by atoms with Crippen molar-refractivity contribution in [1.29, 1.82) is 0 Å². The SMILES string of the molecule is CCn1c(SCC(=O)c2cc(C)n(Cc3cccs3)c2C)nnc1-c1ccco1. The first-order valence-electron chi connectivity index (χ1n) is 9.40. The van der Waals surface area contributed by atoms with E-state index in [4.69, 9.17) is 4.42 Å². The molecule has 4 heterocycles. The Balaban J connectivity index is 1.49. The monoisotopic (exact) mass is 426 g/mol. The van der Waals surface area contributed by atoms with Gasteiger partial charge in [-0.15, -0.1) is 21.5 Å². The summed E-state index contributed by atoms with van der Waals surface area (Å²) in [6.07, 6.45) is 1.62. The number of furan rings is 1. The standard InChI is InChI=1S/C21H22N4O2S2/c1-4-24-20(19-8-5-9-27-19)22-23-21(24)29-13-18(26)17-11-14(2)25(15(17)3)12-16-7-6-10-28-16/h5-11H,4,12-13H2,1-3H3. The van der Waals surface area contributed by atoms with Gasteiger partial charge in [0.2, 0.25) is 0 Å². The molecule has 4 aromatic heterocycles. The van der Waals surface area contributed by atoms with Crippen LogP contribution < -0.4 is 0 Å². The molecule has 0 atom stereocenters. The van der Waals surface area contributed by atoms with Crippen molar-refractivity contribution < 1.29 is 9.21 Å². The number of rotatable bonds is 8. The molecule has 0 aromatic carbocycles. The summed E-state index contributed by atoms with van der Waals surface area (Å²) in [7, 11) is 0. The summed E-state index contributed by atoms with van der Waals surface area (Å²) >= 11 is 3.14. The fourth-order valence-corrected chi connectivity index (χ4v) is 4.94. The minimum atomic E-state index is 0.103. The van der Waals surface area contributed by atoms with Crippen LogP contribution in [0.4, 0.5) is 0 Å². The Labute approximate surface area is 177 Å². The van der Waals surface area contributed by atoms with Gasteiger partial charge in [0.05, 0.1) is 18.6 Å². The van der Waals surface area contributed by atoms with E-state index in [1.807, 2.05) is 43.5 Å². The van der Waals surface area contributed by atoms with Crippen LogP contribution in [0.3, 0.4) is 0 Å². The van der Waals surface area contributed by atoms with Gasteiger partial charge in [0.25, 0.3) is 0 Å². The van der Waals surface area contributed by atoms with E-state index in [0.717, 1.165) is 28.7 Å². The minimum absolute atomic E-state index is 0.103. The number of thioether (sulfide) groups is 1. The van der Waals surface area contributed by atoms with Gasteiger partial charge in [0, 0.05) is 28.4 Å². The molecular weight excluding hydrogens is 404 g/mol. The van der Waals surface area contributed by atoms with Crippen LogP contribution in [0.25, 0.3) is 11.6 Å². The number of aryl methyl sites for hydroxylation is 1. The maximum atomic E-state index is 12.9. The van der Waals surface area contributed by atoms with Gasteiger partial charge < -0.3 is 8.98 Å². The molecule has 29 heavy (non-hydrogen) atoms. The normalized spacial score (nSPS) is 11.3. The Hall–Kier alpha value is -2.58. The Morgan fingerprint density at radius 2 is 2.07 bits per heavy atom. The molecule has 0 N–H and O–H groups in total. The molecule has 4 rings (SSSR count). The summed E-state index contributed by atoms with van der Waals surface area (Å²) in [6, 6.07) is 9.85. The number of nitrogens with zero attached hydrogens (tertiary/aromatic N) is 4. The van der Waals surface area contributed by atoms with Crippen molar-refractivity contribution in [2.75, 3.05) is 5.75 Å². The van der Waals surface area contributed by atoms with Crippen molar-refractivity contribution in [2.24, 2.45) is 0 Å². The Morgan fingerprint density at radius 3 is 2.76 bits per heavy atom. The van der Waals surface area contributed by atoms with E-state index in [9.17, 15) is 4.79 Å². The molecule has 0 spiro atoms. The number of hydrogen-bond donors (Lipinski definition) is 0. The van der Waals surface area contributed by atoms with E-state index in [1.165, 1.54) is 16.6 Å². The van der Waals surface area contributed by atoms with Gasteiger partial charge >= 0.3 is 0 Å². The van der Waals surface area contributed by atoms with Crippen LogP contribution in [0.1, 0.15) is 33.5 Å². The van der Waals surface area contributed by atoms with Gasteiger partial charge in [-0.3, -0.25) is 9.36 Å². The van der Waals surface area contributed by atoms with Gasteiger partial charge in [0.15, 0.2) is 22.5 Å². The lowest BCUT2D eigenvalue weighted by atomic mass is 10.2. The minimum Gasteiger partial charge on any atom is -0.461 e. The molecule has 0 fully saturated rings. The third-order valence-electron chi connectivity index (χ3n) is 4.88. The molecule has 0 aliphatic carbocycles. The average Bonchev–Trinajstić information content (AvgIpc) is 3.50. The van der Waals surface area contributed by atoms with Crippen LogP contribution in [0, 0.1) is 13.8 Å². The first-order valence-corrected chi connectivity index (χ1v) is 11.3. The highest BCUT2D eigenvalue weighted by atomic mass is 32.2. The van der Waals surface area contributed by atoms with Crippen LogP contribution in [0.5, 0.6) is 0 Å². The summed E-state index contributed by atoms with van der Waals surface area (Å²) in [5.74, 6) is 1.78. The fourth-order valence-electron chi connectivity index (χ4n) is 3.36. The third kappa shape index (κ3) is 3.95. The molecule has 8 heteroatoms. The highest BCUT2D eigenvalue weighted by molar-refractivity contribution is 7.99. The number of Topliss-reactive ketones (excluding diaryl/α,β-unsaturated/α-hetero) is 1. The number of carbonyl (C=O) groups is 1. The number of aromatic nitrogens is 4. The first-order chi connectivity index (χ1) is 14.1. The van der Waals surface area contributed by atoms with E-state index in [0.29, 0.717) is 23.9 Å². The molecule has 0 aliphatic rings. The van der Waals surface area contributed by atoms with Crippen molar-refractivity contribution in [2.45, 2.75) is 39.0 Å². The van der Waals surface area contributed by atoms with Gasteiger partial charge in [-0.1, -0.05) is 17.8 Å². The van der Waals surface area contributed by atoms with Crippen LogP contribution in [0.2, 0.25) is 0 Å². The summed E-state index contributed by atoms with van der Waals surface area (Å²) in [5.41, 5.74) is 2.89. The lowest BCUT2D eigenvalue weighted by Gasteiger charge is -2.08. The smallest absolute Gasteiger partial charge is 0.200 e. The Kier molecular flexibility index (Phi) is 5.73. The fraction of sp³-hybridized carbons (Fsp3) is 0.286. The van der Waals surface area contributed by atoms with Gasteiger partial charge in [0.1, 0.15) is 0 Å². The van der Waals surface area contributed by atoms with Crippen molar-refractivity contribution in [3.8, 4) is 11.6 Å². The van der Waals surface area contributed by atoms with Crippen molar-refractivity contribution in [1.82, 2.24) is 19.3 Å². The molecule has 0 bridgehead atoms. The third-order valence-corrected chi connectivity index (χ3v) is 6.70. The van der Waals surface area contributed by atoms with Crippen LogP contribution in [0.15, 0.2) is 51.5 Å². The molecule has 0 amide bonds. The molecule has 0 radical (unpaired) electrons. The van der Waals surface area contributed by atoms with E-state index < -0.39 is 0 Å². The molecule has 0 unspecified atom stereocenters. The zero-order valence-corrected chi connectivity index (χ0v) is 18.2. The second-order valence-corrected chi connectivity index (χ2v) is 8.66. The maximum Gasteiger partial charge on any atom is 0.200 e. The van der Waals surface area contributed by atoms with Crippen LogP contribution in [-0.4, -0.2) is 30.9 Å². The molecule has 4 aromatic rings. The number of hydrogen-bond acceptors (Lipinski definition) is 6. The Morgan fingerprint density at radius 1 is 1.21 bits per heavy atom. The molecule has 0 saturated heterocycles. The lowest BCUT2D eigenvalue weighted by molar-refractivity contribution is 0.102. The summed E-state index contributed by atoms with van der Waals surface area (Å²) in [5, 5.41) is 11.3. The zero-order valence-electron chi connectivity index (χ0n) is 16.6. The molecule has 6 nitrogen and oxygen atoms in total. The molecule has 0 aliphatic heterocycles. The summed E-state index contributed by atoms with van der Waals surface area (Å²) in [6.45, 7) is 7.59. The highest BCUT2D eigenvalue weighted by Crippen LogP contribution is 2.26. The van der Waals surface area contributed by atoms with E-state index >= 15 is 0 Å². The number of carbonyl (C=O) groups excluding carboxylic acids is 1. The molecule has 0 saturated carbocycles. The second-order valence-electron chi connectivity index (χ2n) is 6.69. The lowest BCUT2D eigenvalue weighted by Crippen LogP contribution is -2.08. The van der Waals surface area contributed by atoms with Crippen molar-refractivity contribution in [3.63, 3.8) is 0 Å². The summed E-state index contributed by atoms with van der Waals surface area (Å²) in [4.78, 5) is 14.2. The van der Waals surface area contributed by atoms with Crippen molar-refractivity contribution >= 4 is 28.9 Å². The average molecular weight is 427 g/mol. The molecular formula is C21H22N4O2S2. The van der Waals surface area contributed by atoms with Gasteiger partial charge in [-0.25, -0.2) is 0 Å². The van der Waals surface area contributed by atoms with Crippen LogP contribution in [-0.2, 0) is 13.1 Å².